The summed E-state index contributed by atoms with van der Waals surface area (Å²) in [6, 6.07) is 1.93. The van der Waals surface area contributed by atoms with Crippen LogP contribution in [0.5, 0.6) is 0 Å². The Morgan fingerprint density at radius 2 is 2.11 bits per heavy atom. The molecule has 1 aliphatic rings. The summed E-state index contributed by atoms with van der Waals surface area (Å²) in [6.07, 6.45) is 5.44. The number of nitrogens with zero attached hydrogens (tertiary/aromatic N) is 4. The van der Waals surface area contributed by atoms with Crippen LogP contribution in [-0.2, 0) is 19.4 Å². The molecule has 0 amide bonds. The molecule has 1 saturated heterocycles. The summed E-state index contributed by atoms with van der Waals surface area (Å²) in [4.78, 5) is 15.3. The topological polar surface area (TPSA) is 53.4 Å². The van der Waals surface area contributed by atoms with E-state index < -0.39 is 0 Å². The molecular formula is C12H17N5W. The molecule has 18 heavy (non-hydrogen) atoms. The number of aromatic nitrogens is 2. The quantitative estimate of drug-likeness (QED) is 0.599. The molecule has 2 rings (SSSR count). The molecule has 1 aromatic rings. The van der Waals surface area contributed by atoms with Crippen LogP contribution in [0, 0.1) is 6.92 Å². The summed E-state index contributed by atoms with van der Waals surface area (Å²) in [5, 5.41) is 3.08. The van der Waals surface area contributed by atoms with Gasteiger partial charge in [0.25, 0.3) is 0 Å². The Morgan fingerprint density at radius 3 is 2.83 bits per heavy atom. The van der Waals surface area contributed by atoms with Gasteiger partial charge in [-0.05, 0) is 0 Å². The van der Waals surface area contributed by atoms with Crippen molar-refractivity contribution in [3.63, 3.8) is 0 Å². The van der Waals surface area contributed by atoms with Crippen LogP contribution >= 0.6 is 0 Å². The molecule has 1 aliphatic heterocycles. The molecule has 1 aromatic heterocycles. The van der Waals surface area contributed by atoms with Crippen LogP contribution in [0.15, 0.2) is 11.1 Å². The van der Waals surface area contributed by atoms with Crippen LogP contribution in [0.25, 0.3) is 0 Å². The molecule has 0 radical (unpaired) electrons. The first-order valence-electron chi connectivity index (χ1n) is 6.12. The van der Waals surface area contributed by atoms with Crippen molar-refractivity contribution in [2.24, 2.45) is 4.99 Å². The van der Waals surface area contributed by atoms with Crippen LogP contribution < -0.4 is 10.2 Å². The summed E-state index contributed by atoms with van der Waals surface area (Å²) in [7, 11) is 0. The summed E-state index contributed by atoms with van der Waals surface area (Å²) < 4.78 is 1.81. The predicted octanol–water partition coefficient (Wildman–Crippen LogP) is 1.52. The van der Waals surface area contributed by atoms with Gasteiger partial charge < -0.3 is 0 Å². The fourth-order valence-corrected chi connectivity index (χ4v) is 2.21. The second kappa shape index (κ2) is 6.74. The number of aryl methyl sites for hydroxylation is 1. The number of nitrogens with one attached hydrogen (secondary N) is 1. The van der Waals surface area contributed by atoms with Crippen molar-refractivity contribution in [3.8, 4) is 0 Å². The summed E-state index contributed by atoms with van der Waals surface area (Å²) in [6.45, 7) is 4.11. The first-order valence-corrected chi connectivity index (χ1v) is 7.81. The van der Waals surface area contributed by atoms with E-state index in [-0.39, 0.29) is 0 Å². The number of hydrogen-bond donors (Lipinski definition) is 1. The van der Waals surface area contributed by atoms with Crippen molar-refractivity contribution in [1.29, 1.82) is 0 Å². The molecule has 5 nitrogen and oxygen atoms in total. The van der Waals surface area contributed by atoms with Gasteiger partial charge in [-0.25, -0.2) is 0 Å². The average molecular weight is 415 g/mol. The molecule has 0 saturated carbocycles. The SMILES string of the molecule is Cc1cc(NC=N[CH]=[W])nc(N2CCCCC2)n1. The van der Waals surface area contributed by atoms with Gasteiger partial charge in [-0.15, -0.1) is 0 Å². The van der Waals surface area contributed by atoms with Crippen molar-refractivity contribution < 1.29 is 19.4 Å². The van der Waals surface area contributed by atoms with Gasteiger partial charge in [-0.3, -0.25) is 0 Å². The zero-order chi connectivity index (χ0) is 12.8. The molecule has 0 aromatic carbocycles. The monoisotopic (exact) mass is 415 g/mol. The average Bonchev–Trinajstić information content (AvgIpc) is 2.39. The van der Waals surface area contributed by atoms with E-state index in [1.807, 2.05) is 17.5 Å². The normalized spacial score (nSPS) is 15.9. The van der Waals surface area contributed by atoms with Crippen LogP contribution in [-0.4, -0.2) is 33.9 Å². The Kier molecular flexibility index (Phi) is 4.99. The van der Waals surface area contributed by atoms with E-state index in [4.69, 9.17) is 0 Å². The summed E-state index contributed by atoms with van der Waals surface area (Å²) >= 11 is 1.33. The van der Waals surface area contributed by atoms with Crippen LogP contribution in [0.2, 0.25) is 0 Å². The predicted molar refractivity (Wildman–Crippen MR) is 71.0 cm³/mol. The molecule has 1 fully saturated rings. The van der Waals surface area contributed by atoms with Crippen molar-refractivity contribution in [2.45, 2.75) is 26.2 Å². The van der Waals surface area contributed by atoms with E-state index in [9.17, 15) is 0 Å². The van der Waals surface area contributed by atoms with Gasteiger partial charge in [-0.2, -0.15) is 0 Å². The fourth-order valence-electron chi connectivity index (χ4n) is 2.00. The van der Waals surface area contributed by atoms with E-state index in [0.29, 0.717) is 0 Å². The third-order valence-corrected chi connectivity index (χ3v) is 3.27. The van der Waals surface area contributed by atoms with Crippen molar-refractivity contribution in [3.05, 3.63) is 11.8 Å². The third-order valence-electron chi connectivity index (χ3n) is 2.83. The zero-order valence-corrected chi connectivity index (χ0v) is 13.4. The molecule has 1 N–H and O–H groups in total. The van der Waals surface area contributed by atoms with Crippen molar-refractivity contribution >= 4 is 22.6 Å². The molecule has 6 heteroatoms. The van der Waals surface area contributed by atoms with Gasteiger partial charge in [-0.1, -0.05) is 0 Å². The fraction of sp³-hybridized carbons (Fsp3) is 0.500. The first kappa shape index (κ1) is 13.3. The van der Waals surface area contributed by atoms with Gasteiger partial charge in [0.2, 0.25) is 0 Å². The molecule has 0 atom stereocenters. The minimum absolute atomic E-state index is 0.809. The maximum absolute atomic E-state index is 4.53. The van der Waals surface area contributed by atoms with E-state index in [2.05, 4.69) is 25.2 Å². The third kappa shape index (κ3) is 3.70. The Balaban J connectivity index is 2.14. The standard InChI is InChI=1S/C12H17N5.W/c1-10-8-11(14-9-13-2)16-12(15-10)17-6-4-3-5-7-17;/h2,8-9H,3-7H2,1H3,(H,14,15,16);. The van der Waals surface area contributed by atoms with Gasteiger partial charge in [0.1, 0.15) is 0 Å². The number of hydrogen-bond acceptors (Lipinski definition) is 4. The molecule has 0 spiro atoms. The second-order valence-corrected chi connectivity index (χ2v) is 5.03. The minimum atomic E-state index is 0.809. The van der Waals surface area contributed by atoms with Crippen molar-refractivity contribution in [2.75, 3.05) is 23.3 Å². The molecule has 2 heterocycles. The van der Waals surface area contributed by atoms with Gasteiger partial charge >= 0.3 is 118 Å². The Morgan fingerprint density at radius 1 is 1.33 bits per heavy atom. The second-order valence-electron chi connectivity index (χ2n) is 4.27. The number of aliphatic imine (C=N–C) groups is 1. The number of piperidine rings is 1. The Bertz CT molecular complexity index is 440. The summed E-state index contributed by atoms with van der Waals surface area (Å²) in [5.74, 6) is 1.64. The Hall–Kier alpha value is -1.09. The van der Waals surface area contributed by atoms with E-state index >= 15 is 0 Å². The van der Waals surface area contributed by atoms with Crippen LogP contribution in [0.3, 0.4) is 0 Å². The maximum atomic E-state index is 4.53. The molecule has 0 unspecified atom stereocenters. The zero-order valence-electron chi connectivity index (χ0n) is 10.5. The number of anilines is 2. The molecular weight excluding hydrogens is 398 g/mol. The van der Waals surface area contributed by atoms with Crippen LogP contribution in [0.4, 0.5) is 11.8 Å². The van der Waals surface area contributed by atoms with Gasteiger partial charge in [0.15, 0.2) is 0 Å². The summed E-state index contributed by atoms with van der Waals surface area (Å²) in [5.41, 5.74) is 0.979. The van der Waals surface area contributed by atoms with Crippen LogP contribution in [0.1, 0.15) is 25.0 Å². The first-order chi connectivity index (χ1) is 8.79. The van der Waals surface area contributed by atoms with Gasteiger partial charge in [0.05, 0.1) is 0 Å². The van der Waals surface area contributed by atoms with Gasteiger partial charge in [0, 0.05) is 0 Å². The Labute approximate surface area is 118 Å². The van der Waals surface area contributed by atoms with Crippen molar-refractivity contribution in [1.82, 2.24) is 9.97 Å². The molecule has 0 bridgehead atoms. The van der Waals surface area contributed by atoms with E-state index in [0.717, 1.165) is 30.5 Å². The van der Waals surface area contributed by atoms with E-state index in [1.54, 1.807) is 6.34 Å². The molecule has 0 aliphatic carbocycles. The van der Waals surface area contributed by atoms with E-state index in [1.165, 1.54) is 38.6 Å². The number of rotatable bonds is 4. The molecule has 96 valence electrons.